The Hall–Kier alpha value is -2.78. The Balaban J connectivity index is 1.32. The molecule has 1 saturated carbocycles. The number of carbonyl (C=O) groups is 1. The molecule has 0 radical (unpaired) electrons. The van der Waals surface area contributed by atoms with Crippen molar-refractivity contribution >= 4 is 16.1 Å². The predicted octanol–water partition coefficient (Wildman–Crippen LogP) is 2.38. The number of benzene rings is 2. The second kappa shape index (κ2) is 14.8. The quantitative estimate of drug-likeness (QED) is 0.268. The van der Waals surface area contributed by atoms with E-state index >= 15 is 0 Å². The van der Waals surface area contributed by atoms with Crippen molar-refractivity contribution in [3.63, 3.8) is 0 Å². The van der Waals surface area contributed by atoms with Gasteiger partial charge in [-0.05, 0) is 55.5 Å². The molecule has 43 heavy (non-hydrogen) atoms. The number of fused-ring (bicyclic) bond motifs is 1. The first-order valence-corrected chi connectivity index (χ1v) is 16.2. The molecule has 3 aliphatic rings. The Morgan fingerprint density at radius 3 is 2.51 bits per heavy atom. The van der Waals surface area contributed by atoms with Crippen molar-refractivity contribution in [2.24, 2.45) is 5.92 Å². The highest BCUT2D eigenvalue weighted by molar-refractivity contribution is 7.89. The summed E-state index contributed by atoms with van der Waals surface area (Å²) in [5.74, 6) is 0.356. The van der Waals surface area contributed by atoms with E-state index in [1.54, 1.807) is 0 Å². The van der Waals surface area contributed by atoms with Gasteiger partial charge in [0.1, 0.15) is 18.5 Å². The molecule has 236 valence electrons. The van der Waals surface area contributed by atoms with Crippen LogP contribution in [0, 0.1) is 5.92 Å². The predicted molar refractivity (Wildman–Crippen MR) is 153 cm³/mol. The minimum Gasteiger partial charge on any atom is -0.491 e. The molecular weight excluding hydrogens is 580 g/mol. The van der Waals surface area contributed by atoms with Crippen molar-refractivity contribution in [3.8, 4) is 5.75 Å². The number of ether oxygens (including phenoxy) is 4. The van der Waals surface area contributed by atoms with E-state index in [0.29, 0.717) is 25.2 Å². The van der Waals surface area contributed by atoms with Crippen molar-refractivity contribution in [3.05, 3.63) is 60.2 Å². The van der Waals surface area contributed by atoms with Gasteiger partial charge in [-0.25, -0.2) is 13.2 Å². The molecule has 5 atom stereocenters. The smallest absolute Gasteiger partial charge is 0.407 e. The highest BCUT2D eigenvalue weighted by Gasteiger charge is 2.44. The maximum Gasteiger partial charge on any atom is 0.407 e. The molecule has 5 rings (SSSR count). The lowest BCUT2D eigenvalue weighted by molar-refractivity contribution is -0.145. The lowest BCUT2D eigenvalue weighted by atomic mass is 10.0. The van der Waals surface area contributed by atoms with E-state index in [1.165, 1.54) is 24.3 Å². The van der Waals surface area contributed by atoms with Crippen molar-refractivity contribution in [1.82, 2.24) is 9.79 Å². The molecule has 2 aromatic rings. The normalized spacial score (nSPS) is 23.7. The van der Waals surface area contributed by atoms with Gasteiger partial charge in [-0.2, -0.15) is 0 Å². The maximum atomic E-state index is 13.8. The molecule has 3 N–H and O–H groups in total. The summed E-state index contributed by atoms with van der Waals surface area (Å²) >= 11 is 0. The number of alkyl carbamates (subject to hydrolysis) is 1. The fourth-order valence-corrected chi connectivity index (χ4v) is 6.95. The van der Waals surface area contributed by atoms with E-state index < -0.39 is 40.9 Å². The molecule has 2 aromatic carbocycles. The summed E-state index contributed by atoms with van der Waals surface area (Å²) in [5, 5.41) is 23.2. The first-order valence-electron chi connectivity index (χ1n) is 14.8. The van der Waals surface area contributed by atoms with E-state index in [4.69, 9.17) is 28.9 Å². The second-order valence-electron chi connectivity index (χ2n) is 11.0. The fraction of sp³-hybridized carbons (Fsp3) is 0.567. The molecule has 3 fully saturated rings. The van der Waals surface area contributed by atoms with Crippen LogP contribution in [0.15, 0.2) is 59.5 Å². The zero-order chi connectivity index (χ0) is 30.2. The standard InChI is InChI=1S/C30H40N2O10S/c33-15-17-38-22-10-12-24(13-11-22)43(36,37)32(42-23-8-4-5-9-23)19-27(34)26(18-21-6-2-1-3-7-21)31-30(35)41-28-20-40-29-25(28)14-16-39-29/h1-3,6-7,10-13,23,25-29,33-34H,4-5,8-9,14-20H2,(H,31,35)/t25-,26-,27+,28-,29+/m0/s1. The number of nitrogens with zero attached hydrogens (tertiary/aromatic N) is 1. The van der Waals surface area contributed by atoms with Gasteiger partial charge in [0.15, 0.2) is 6.29 Å². The Morgan fingerprint density at radius 2 is 1.79 bits per heavy atom. The first kappa shape index (κ1) is 31.6. The Kier molecular flexibility index (Phi) is 10.9. The highest BCUT2D eigenvalue weighted by atomic mass is 32.2. The van der Waals surface area contributed by atoms with Crippen LogP contribution in [0.5, 0.6) is 5.75 Å². The lowest BCUT2D eigenvalue weighted by Gasteiger charge is -2.31. The van der Waals surface area contributed by atoms with Crippen LogP contribution < -0.4 is 10.1 Å². The third-order valence-corrected chi connectivity index (χ3v) is 9.60. The molecule has 1 amide bonds. The molecule has 0 bridgehead atoms. The summed E-state index contributed by atoms with van der Waals surface area (Å²) in [4.78, 5) is 19.0. The van der Waals surface area contributed by atoms with Crippen molar-refractivity contribution < 1.29 is 47.2 Å². The Morgan fingerprint density at radius 1 is 1.05 bits per heavy atom. The van der Waals surface area contributed by atoms with Gasteiger partial charge < -0.3 is 34.5 Å². The van der Waals surface area contributed by atoms with Crippen LogP contribution in [0.25, 0.3) is 0 Å². The molecular formula is C30H40N2O10S. The Labute approximate surface area is 251 Å². The fourth-order valence-electron chi connectivity index (χ4n) is 5.65. The number of sulfonamides is 1. The number of rotatable bonds is 14. The van der Waals surface area contributed by atoms with E-state index in [-0.39, 0.29) is 49.4 Å². The molecule has 0 unspecified atom stereocenters. The van der Waals surface area contributed by atoms with Crippen LogP contribution in [-0.2, 0) is 35.5 Å². The van der Waals surface area contributed by atoms with Crippen molar-refractivity contribution in [1.29, 1.82) is 0 Å². The highest BCUT2D eigenvalue weighted by Crippen LogP contribution is 2.33. The second-order valence-corrected chi connectivity index (χ2v) is 12.9. The number of amides is 1. The third kappa shape index (κ3) is 8.24. The van der Waals surface area contributed by atoms with Crippen molar-refractivity contribution in [2.45, 2.75) is 74.1 Å². The van der Waals surface area contributed by atoms with Crippen LogP contribution in [0.2, 0.25) is 0 Å². The summed E-state index contributed by atoms with van der Waals surface area (Å²) in [7, 11) is -4.21. The topological polar surface area (TPSA) is 153 Å². The summed E-state index contributed by atoms with van der Waals surface area (Å²) in [5.41, 5.74) is 0.838. The summed E-state index contributed by atoms with van der Waals surface area (Å²) in [6.07, 6.45) is 0.916. The number of carbonyl (C=O) groups excluding carboxylic acids is 1. The van der Waals surface area contributed by atoms with E-state index in [0.717, 1.165) is 29.3 Å². The van der Waals surface area contributed by atoms with Gasteiger partial charge in [-0.3, -0.25) is 4.84 Å². The monoisotopic (exact) mass is 620 g/mol. The van der Waals surface area contributed by atoms with E-state index in [1.807, 2.05) is 30.3 Å². The number of aliphatic hydroxyl groups excluding tert-OH is 2. The zero-order valence-corrected chi connectivity index (χ0v) is 24.8. The molecule has 2 aliphatic heterocycles. The number of hydrogen-bond acceptors (Lipinski definition) is 10. The van der Waals surface area contributed by atoms with Crippen molar-refractivity contribution in [2.75, 3.05) is 33.0 Å². The first-order chi connectivity index (χ1) is 20.8. The van der Waals surface area contributed by atoms with E-state index in [2.05, 4.69) is 5.32 Å². The molecule has 0 spiro atoms. The SMILES string of the molecule is O=C(N[C@@H](Cc1ccccc1)[C@H](O)CN(OC1CCCC1)S(=O)(=O)c1ccc(OCCO)cc1)O[C@H]1CO[C@H]2OCC[C@H]21. The summed E-state index contributed by atoms with van der Waals surface area (Å²) < 4.78 is 50.5. The minimum absolute atomic E-state index is 0.0457. The molecule has 2 heterocycles. The van der Waals surface area contributed by atoms with Gasteiger partial charge in [-0.1, -0.05) is 47.6 Å². The van der Waals surface area contributed by atoms with Crippen LogP contribution in [0.3, 0.4) is 0 Å². The molecule has 0 aromatic heterocycles. The maximum absolute atomic E-state index is 13.8. The molecule has 1 aliphatic carbocycles. The van der Waals surface area contributed by atoms with Crippen LogP contribution in [-0.4, -0.2) is 92.8 Å². The average molecular weight is 621 g/mol. The van der Waals surface area contributed by atoms with Gasteiger partial charge >= 0.3 is 6.09 Å². The van der Waals surface area contributed by atoms with Crippen LogP contribution in [0.4, 0.5) is 4.79 Å². The molecule has 12 nitrogen and oxygen atoms in total. The minimum atomic E-state index is -4.21. The lowest BCUT2D eigenvalue weighted by Crippen LogP contribution is -2.51. The van der Waals surface area contributed by atoms with Gasteiger partial charge in [-0.15, -0.1) is 0 Å². The van der Waals surface area contributed by atoms with Gasteiger partial charge in [0.2, 0.25) is 0 Å². The largest absolute Gasteiger partial charge is 0.491 e. The number of nitrogens with one attached hydrogen (secondary N) is 1. The number of hydrogen-bond donors (Lipinski definition) is 3. The summed E-state index contributed by atoms with van der Waals surface area (Å²) in [6.45, 7) is 0.243. The molecule has 2 saturated heterocycles. The summed E-state index contributed by atoms with van der Waals surface area (Å²) in [6, 6.07) is 14.2. The van der Waals surface area contributed by atoms with E-state index in [9.17, 15) is 18.3 Å². The van der Waals surface area contributed by atoms with Crippen LogP contribution >= 0.6 is 0 Å². The third-order valence-electron chi connectivity index (χ3n) is 7.96. The van der Waals surface area contributed by atoms with Gasteiger partial charge in [0.05, 0.1) is 55.4 Å². The van der Waals surface area contributed by atoms with Gasteiger partial charge in [0.25, 0.3) is 10.0 Å². The average Bonchev–Trinajstić information content (AvgIpc) is 3.77. The molecule has 13 heteroatoms. The van der Waals surface area contributed by atoms with Gasteiger partial charge in [0, 0.05) is 0 Å². The number of aliphatic hydroxyl groups is 2. The zero-order valence-electron chi connectivity index (χ0n) is 24.0. The Bertz CT molecular complexity index is 1270. The van der Waals surface area contributed by atoms with Crippen LogP contribution in [0.1, 0.15) is 37.7 Å². The number of hydroxylamine groups is 1.